The minimum atomic E-state index is -0.145. The van der Waals surface area contributed by atoms with Gasteiger partial charge in [0.25, 0.3) is 5.91 Å². The van der Waals surface area contributed by atoms with E-state index in [4.69, 9.17) is 4.74 Å². The van der Waals surface area contributed by atoms with Gasteiger partial charge in [0, 0.05) is 6.54 Å². The predicted octanol–water partition coefficient (Wildman–Crippen LogP) is 0.300. The van der Waals surface area contributed by atoms with Crippen molar-refractivity contribution >= 4 is 5.91 Å². The molecule has 2 rings (SSSR count). The largest absolute Gasteiger partial charge is 0.359 e. The van der Waals surface area contributed by atoms with Gasteiger partial charge in [0.15, 0.2) is 6.10 Å². The Balaban J connectivity index is 1.65. The van der Waals surface area contributed by atoms with E-state index >= 15 is 0 Å². The normalized spacial score (nSPS) is 35.0. The van der Waals surface area contributed by atoms with Gasteiger partial charge in [-0.1, -0.05) is 0 Å². The maximum absolute atomic E-state index is 11.1. The van der Waals surface area contributed by atoms with E-state index in [2.05, 4.69) is 5.32 Å². The van der Waals surface area contributed by atoms with Gasteiger partial charge >= 0.3 is 0 Å². The molecule has 3 heteroatoms. The molecule has 1 aliphatic carbocycles. The standard InChI is InChI=1S/C8H13NO2/c1-5-7(11-5)8(10)9-4-6-2-3-6/h5-7H,2-4H2,1H3,(H,9,10). The summed E-state index contributed by atoms with van der Waals surface area (Å²) in [5.41, 5.74) is 0. The Morgan fingerprint density at radius 3 is 2.73 bits per heavy atom. The highest BCUT2D eigenvalue weighted by atomic mass is 16.6. The van der Waals surface area contributed by atoms with Crippen molar-refractivity contribution in [1.29, 1.82) is 0 Å². The highest BCUT2D eigenvalue weighted by Gasteiger charge is 2.41. The van der Waals surface area contributed by atoms with Crippen molar-refractivity contribution in [2.75, 3.05) is 6.54 Å². The molecule has 11 heavy (non-hydrogen) atoms. The summed E-state index contributed by atoms with van der Waals surface area (Å²) in [5, 5.41) is 2.87. The van der Waals surface area contributed by atoms with Gasteiger partial charge in [0.1, 0.15) is 0 Å². The molecule has 1 aliphatic heterocycles. The monoisotopic (exact) mass is 155 g/mol. The lowest BCUT2D eigenvalue weighted by Crippen LogP contribution is -2.30. The van der Waals surface area contributed by atoms with Crippen molar-refractivity contribution in [3.8, 4) is 0 Å². The summed E-state index contributed by atoms with van der Waals surface area (Å²) < 4.78 is 5.02. The highest BCUT2D eigenvalue weighted by molar-refractivity contribution is 5.83. The van der Waals surface area contributed by atoms with Crippen molar-refractivity contribution in [2.45, 2.75) is 32.0 Å². The van der Waals surface area contributed by atoms with Crippen LogP contribution in [-0.2, 0) is 9.53 Å². The summed E-state index contributed by atoms with van der Waals surface area (Å²) in [6, 6.07) is 0. The molecule has 62 valence electrons. The molecule has 2 unspecified atom stereocenters. The van der Waals surface area contributed by atoms with Crippen molar-refractivity contribution in [3.05, 3.63) is 0 Å². The van der Waals surface area contributed by atoms with E-state index in [0.717, 1.165) is 12.5 Å². The third-order valence-corrected chi connectivity index (χ3v) is 2.23. The average Bonchev–Trinajstić information content (AvgIpc) is 2.78. The third-order valence-electron chi connectivity index (χ3n) is 2.23. The first-order valence-electron chi connectivity index (χ1n) is 4.20. The maximum atomic E-state index is 11.1. The van der Waals surface area contributed by atoms with Crippen molar-refractivity contribution < 1.29 is 9.53 Å². The number of carbonyl (C=O) groups is 1. The van der Waals surface area contributed by atoms with Gasteiger partial charge in [-0.25, -0.2) is 0 Å². The molecule has 0 bridgehead atoms. The van der Waals surface area contributed by atoms with Gasteiger partial charge in [0.2, 0.25) is 0 Å². The Hall–Kier alpha value is -0.570. The van der Waals surface area contributed by atoms with Gasteiger partial charge in [-0.2, -0.15) is 0 Å². The molecule has 1 saturated heterocycles. The molecule has 1 amide bonds. The summed E-state index contributed by atoms with van der Waals surface area (Å²) in [6.07, 6.45) is 2.56. The van der Waals surface area contributed by atoms with E-state index in [1.54, 1.807) is 0 Å². The van der Waals surface area contributed by atoms with Crippen LogP contribution in [0.3, 0.4) is 0 Å². The minimum absolute atomic E-state index is 0.0735. The fourth-order valence-electron chi connectivity index (χ4n) is 1.13. The van der Waals surface area contributed by atoms with E-state index in [1.165, 1.54) is 12.8 Å². The molecular formula is C8H13NO2. The van der Waals surface area contributed by atoms with Crippen LogP contribution in [0.2, 0.25) is 0 Å². The fraction of sp³-hybridized carbons (Fsp3) is 0.875. The molecule has 0 aromatic rings. The third kappa shape index (κ3) is 1.71. The van der Waals surface area contributed by atoms with Crippen molar-refractivity contribution in [2.24, 2.45) is 5.92 Å². The number of carbonyl (C=O) groups excluding carboxylic acids is 1. The van der Waals surface area contributed by atoms with Crippen LogP contribution in [0.1, 0.15) is 19.8 Å². The summed E-state index contributed by atoms with van der Waals surface area (Å²) in [4.78, 5) is 11.1. The Bertz CT molecular complexity index is 177. The first-order chi connectivity index (χ1) is 5.27. The van der Waals surface area contributed by atoms with Crippen molar-refractivity contribution in [1.82, 2.24) is 5.32 Å². The van der Waals surface area contributed by atoms with Gasteiger partial charge in [-0.05, 0) is 25.7 Å². The molecule has 1 saturated carbocycles. The molecule has 2 aliphatic rings. The lowest BCUT2D eigenvalue weighted by Gasteiger charge is -1.99. The number of epoxide rings is 1. The Morgan fingerprint density at radius 2 is 2.27 bits per heavy atom. The van der Waals surface area contributed by atoms with Gasteiger partial charge in [0.05, 0.1) is 6.10 Å². The van der Waals surface area contributed by atoms with E-state index in [9.17, 15) is 4.79 Å². The summed E-state index contributed by atoms with van der Waals surface area (Å²) >= 11 is 0. The number of nitrogens with one attached hydrogen (secondary N) is 1. The van der Waals surface area contributed by atoms with Crippen LogP contribution in [0.4, 0.5) is 0 Å². The zero-order valence-corrected chi connectivity index (χ0v) is 6.67. The maximum Gasteiger partial charge on any atom is 0.251 e. The number of hydrogen-bond donors (Lipinski definition) is 1. The van der Waals surface area contributed by atoms with E-state index in [0.29, 0.717) is 0 Å². The van der Waals surface area contributed by atoms with Crippen LogP contribution in [0.25, 0.3) is 0 Å². The molecule has 0 aromatic heterocycles. The van der Waals surface area contributed by atoms with Gasteiger partial charge in [-0.3, -0.25) is 4.79 Å². The van der Waals surface area contributed by atoms with Crippen LogP contribution < -0.4 is 5.32 Å². The summed E-state index contributed by atoms with van der Waals surface area (Å²) in [5.74, 6) is 0.831. The molecule has 1 N–H and O–H groups in total. The summed E-state index contributed by atoms with van der Waals surface area (Å²) in [7, 11) is 0. The Morgan fingerprint density at radius 1 is 1.64 bits per heavy atom. The Labute approximate surface area is 66.1 Å². The van der Waals surface area contributed by atoms with Gasteiger partial charge in [-0.15, -0.1) is 0 Å². The molecule has 0 radical (unpaired) electrons. The number of hydrogen-bond acceptors (Lipinski definition) is 2. The number of amides is 1. The van der Waals surface area contributed by atoms with E-state index < -0.39 is 0 Å². The summed E-state index contributed by atoms with van der Waals surface area (Å²) in [6.45, 7) is 2.77. The smallest absolute Gasteiger partial charge is 0.251 e. The molecule has 3 nitrogen and oxygen atoms in total. The lowest BCUT2D eigenvalue weighted by molar-refractivity contribution is -0.122. The van der Waals surface area contributed by atoms with E-state index in [-0.39, 0.29) is 18.1 Å². The number of rotatable bonds is 3. The highest BCUT2D eigenvalue weighted by Crippen LogP contribution is 2.28. The minimum Gasteiger partial charge on any atom is -0.359 e. The zero-order chi connectivity index (χ0) is 7.84. The first-order valence-corrected chi connectivity index (χ1v) is 4.20. The lowest BCUT2D eigenvalue weighted by atomic mass is 10.3. The fourth-order valence-corrected chi connectivity index (χ4v) is 1.13. The SMILES string of the molecule is CC1OC1C(=O)NCC1CC1. The number of ether oxygens (including phenoxy) is 1. The molecule has 1 heterocycles. The second kappa shape index (κ2) is 2.48. The van der Waals surface area contributed by atoms with Gasteiger partial charge < -0.3 is 10.1 Å². The second-order valence-electron chi connectivity index (χ2n) is 3.45. The zero-order valence-electron chi connectivity index (χ0n) is 6.67. The quantitative estimate of drug-likeness (QED) is 0.595. The van der Waals surface area contributed by atoms with Crippen LogP contribution >= 0.6 is 0 Å². The second-order valence-corrected chi connectivity index (χ2v) is 3.45. The van der Waals surface area contributed by atoms with Crippen molar-refractivity contribution in [3.63, 3.8) is 0 Å². The van der Waals surface area contributed by atoms with Crippen LogP contribution in [0.5, 0.6) is 0 Å². The predicted molar refractivity (Wildman–Crippen MR) is 40.1 cm³/mol. The first kappa shape index (κ1) is 7.10. The van der Waals surface area contributed by atoms with Crippen LogP contribution in [0, 0.1) is 5.92 Å². The van der Waals surface area contributed by atoms with Crippen LogP contribution in [-0.4, -0.2) is 24.7 Å². The van der Waals surface area contributed by atoms with Crippen LogP contribution in [0.15, 0.2) is 0 Å². The molecular weight excluding hydrogens is 142 g/mol. The molecule has 2 atom stereocenters. The Kier molecular flexibility index (Phi) is 1.60. The molecule has 2 fully saturated rings. The molecule has 0 spiro atoms. The topological polar surface area (TPSA) is 41.6 Å². The van der Waals surface area contributed by atoms with E-state index in [1.807, 2.05) is 6.92 Å². The molecule has 0 aromatic carbocycles. The average molecular weight is 155 g/mol.